The number of carbonyl (C=O) groups excluding carboxylic acids is 1. The summed E-state index contributed by atoms with van der Waals surface area (Å²) < 4.78 is 26.8. The summed E-state index contributed by atoms with van der Waals surface area (Å²) in [5.41, 5.74) is 2.45. The van der Waals surface area contributed by atoms with Crippen LogP contribution in [0.25, 0.3) is 0 Å². The van der Waals surface area contributed by atoms with Crippen LogP contribution in [0.3, 0.4) is 0 Å². The van der Waals surface area contributed by atoms with Crippen molar-refractivity contribution in [2.45, 2.75) is 18.4 Å². The summed E-state index contributed by atoms with van der Waals surface area (Å²) in [5, 5.41) is 2.93. The normalized spacial score (nSPS) is 11.1. The second kappa shape index (κ2) is 8.63. The molecule has 1 amide bonds. The Morgan fingerprint density at radius 3 is 2.48 bits per heavy atom. The molecule has 2 aromatic carbocycles. The molecule has 29 heavy (non-hydrogen) atoms. The molecule has 1 heterocycles. The first-order valence-corrected chi connectivity index (χ1v) is 10.6. The number of nitrogens with zero attached hydrogens (tertiary/aromatic N) is 2. The molecule has 0 aliphatic rings. The lowest BCUT2D eigenvalue weighted by molar-refractivity contribution is 0.0951. The van der Waals surface area contributed by atoms with Crippen molar-refractivity contribution in [2.24, 2.45) is 0 Å². The maximum Gasteiger partial charge on any atom is 0.264 e. The molecule has 3 rings (SSSR count). The zero-order valence-electron chi connectivity index (χ0n) is 16.0. The number of pyridine rings is 1. The molecular formula is C21H20ClN3O3S. The monoisotopic (exact) mass is 429 g/mol. The molecule has 0 fully saturated rings. The summed E-state index contributed by atoms with van der Waals surface area (Å²) in [6, 6.07) is 14.8. The zero-order valence-corrected chi connectivity index (χ0v) is 17.5. The maximum atomic E-state index is 12.8. The van der Waals surface area contributed by atoms with Gasteiger partial charge in [0.25, 0.3) is 15.9 Å². The first kappa shape index (κ1) is 20.8. The van der Waals surface area contributed by atoms with Gasteiger partial charge in [-0.25, -0.2) is 8.42 Å². The lowest BCUT2D eigenvalue weighted by atomic mass is 10.2. The molecule has 0 radical (unpaired) electrons. The number of hydrogen-bond acceptors (Lipinski definition) is 4. The Bertz CT molecular complexity index is 1120. The van der Waals surface area contributed by atoms with E-state index in [2.05, 4.69) is 10.3 Å². The van der Waals surface area contributed by atoms with Gasteiger partial charge in [-0.15, -0.1) is 0 Å². The molecule has 6 nitrogen and oxygen atoms in total. The van der Waals surface area contributed by atoms with E-state index in [1.807, 2.05) is 13.0 Å². The summed E-state index contributed by atoms with van der Waals surface area (Å²) >= 11 is 6.27. The fourth-order valence-electron chi connectivity index (χ4n) is 2.67. The van der Waals surface area contributed by atoms with Crippen molar-refractivity contribution >= 4 is 33.2 Å². The molecule has 3 aromatic rings. The predicted molar refractivity (Wildman–Crippen MR) is 114 cm³/mol. The molecule has 150 valence electrons. The van der Waals surface area contributed by atoms with Crippen LogP contribution in [0.4, 0.5) is 5.69 Å². The van der Waals surface area contributed by atoms with E-state index in [9.17, 15) is 13.2 Å². The van der Waals surface area contributed by atoms with Crippen molar-refractivity contribution in [1.82, 2.24) is 10.3 Å². The smallest absolute Gasteiger partial charge is 0.264 e. The number of hydrogen-bond donors (Lipinski definition) is 1. The van der Waals surface area contributed by atoms with Crippen molar-refractivity contribution in [3.63, 3.8) is 0 Å². The highest BCUT2D eigenvalue weighted by atomic mass is 35.5. The van der Waals surface area contributed by atoms with Gasteiger partial charge in [-0.2, -0.15) is 0 Å². The summed E-state index contributed by atoms with van der Waals surface area (Å²) in [5.74, 6) is -0.352. The van der Waals surface area contributed by atoms with Crippen LogP contribution in [0.5, 0.6) is 0 Å². The van der Waals surface area contributed by atoms with Crippen LogP contribution < -0.4 is 9.62 Å². The van der Waals surface area contributed by atoms with Gasteiger partial charge in [0.15, 0.2) is 0 Å². The van der Waals surface area contributed by atoms with Crippen molar-refractivity contribution in [2.75, 3.05) is 11.4 Å². The quantitative estimate of drug-likeness (QED) is 0.646. The van der Waals surface area contributed by atoms with Gasteiger partial charge in [-0.1, -0.05) is 35.4 Å². The Hall–Kier alpha value is -2.90. The highest BCUT2D eigenvalue weighted by Gasteiger charge is 2.22. The number of aryl methyl sites for hydroxylation is 1. The SMILES string of the molecule is Cc1ccc(S(=O)(=O)N(C)c2ccc(C(=O)NCc3cccnc3)c(Cl)c2)cc1. The molecule has 0 spiro atoms. The van der Waals surface area contributed by atoms with Gasteiger partial charge in [0.1, 0.15) is 0 Å². The molecule has 0 aliphatic heterocycles. The van der Waals surface area contributed by atoms with Crippen molar-refractivity contribution in [3.05, 3.63) is 88.7 Å². The number of halogens is 1. The van der Waals surface area contributed by atoms with E-state index in [0.717, 1.165) is 15.4 Å². The van der Waals surface area contributed by atoms with Crippen molar-refractivity contribution < 1.29 is 13.2 Å². The fourth-order valence-corrected chi connectivity index (χ4v) is 4.12. The molecule has 0 saturated heterocycles. The number of amides is 1. The topological polar surface area (TPSA) is 79.4 Å². The lowest BCUT2D eigenvalue weighted by Gasteiger charge is -2.20. The van der Waals surface area contributed by atoms with Gasteiger partial charge in [0, 0.05) is 26.0 Å². The fraction of sp³-hybridized carbons (Fsp3) is 0.143. The van der Waals surface area contributed by atoms with Crippen LogP contribution in [-0.4, -0.2) is 26.4 Å². The first-order chi connectivity index (χ1) is 13.8. The molecule has 0 bridgehead atoms. The Morgan fingerprint density at radius 2 is 1.86 bits per heavy atom. The average molecular weight is 430 g/mol. The van der Waals surface area contributed by atoms with Gasteiger partial charge in [-0.3, -0.25) is 14.1 Å². The van der Waals surface area contributed by atoms with Gasteiger partial charge in [0.05, 0.1) is 21.2 Å². The minimum Gasteiger partial charge on any atom is -0.348 e. The molecule has 0 saturated carbocycles. The third-order valence-corrected chi connectivity index (χ3v) is 6.53. The number of nitrogens with one attached hydrogen (secondary N) is 1. The van der Waals surface area contributed by atoms with Crippen molar-refractivity contribution in [3.8, 4) is 0 Å². The predicted octanol–water partition coefficient (Wildman–Crippen LogP) is 3.80. The largest absolute Gasteiger partial charge is 0.348 e. The van der Waals surface area contributed by atoms with Gasteiger partial charge in [-0.05, 0) is 48.9 Å². The molecular weight excluding hydrogens is 410 g/mol. The van der Waals surface area contributed by atoms with Crippen LogP contribution >= 0.6 is 11.6 Å². The van der Waals surface area contributed by atoms with Crippen LogP contribution in [0.1, 0.15) is 21.5 Å². The van der Waals surface area contributed by atoms with Crippen LogP contribution in [0, 0.1) is 6.92 Å². The van der Waals surface area contributed by atoms with E-state index in [0.29, 0.717) is 12.2 Å². The molecule has 0 atom stereocenters. The van der Waals surface area contributed by atoms with Crippen LogP contribution in [0.2, 0.25) is 5.02 Å². The average Bonchev–Trinajstić information content (AvgIpc) is 2.72. The highest BCUT2D eigenvalue weighted by molar-refractivity contribution is 7.92. The molecule has 8 heteroatoms. The summed E-state index contributed by atoms with van der Waals surface area (Å²) in [6.45, 7) is 2.20. The Balaban J connectivity index is 1.77. The molecule has 1 aromatic heterocycles. The number of rotatable bonds is 6. The second-order valence-corrected chi connectivity index (χ2v) is 8.87. The Kier molecular flexibility index (Phi) is 6.20. The summed E-state index contributed by atoms with van der Waals surface area (Å²) in [6.07, 6.45) is 3.32. The molecule has 1 N–H and O–H groups in total. The third kappa shape index (κ3) is 4.75. The minimum absolute atomic E-state index is 0.164. The van der Waals surface area contributed by atoms with Crippen LogP contribution in [0.15, 0.2) is 71.9 Å². The number of anilines is 1. The third-order valence-electron chi connectivity index (χ3n) is 4.42. The highest BCUT2D eigenvalue weighted by Crippen LogP contribution is 2.27. The molecule has 0 unspecified atom stereocenters. The van der Waals surface area contributed by atoms with E-state index in [-0.39, 0.29) is 21.4 Å². The van der Waals surface area contributed by atoms with E-state index < -0.39 is 10.0 Å². The summed E-state index contributed by atoms with van der Waals surface area (Å²) in [4.78, 5) is 16.6. The summed E-state index contributed by atoms with van der Waals surface area (Å²) in [7, 11) is -2.29. The number of carbonyl (C=O) groups is 1. The minimum atomic E-state index is -3.74. The first-order valence-electron chi connectivity index (χ1n) is 8.81. The second-order valence-electron chi connectivity index (χ2n) is 6.49. The standard InChI is InChI=1S/C21H20ClN3O3S/c1-15-5-8-18(9-6-15)29(27,28)25(2)17-7-10-19(20(22)12-17)21(26)24-14-16-4-3-11-23-13-16/h3-13H,14H2,1-2H3,(H,24,26). The number of sulfonamides is 1. The number of aromatic nitrogens is 1. The molecule has 0 aliphatic carbocycles. The zero-order chi connectivity index (χ0) is 21.0. The Morgan fingerprint density at radius 1 is 1.14 bits per heavy atom. The maximum absolute atomic E-state index is 12.8. The van der Waals surface area contributed by atoms with E-state index >= 15 is 0 Å². The lowest BCUT2D eigenvalue weighted by Crippen LogP contribution is -2.27. The van der Waals surface area contributed by atoms with Crippen molar-refractivity contribution in [1.29, 1.82) is 0 Å². The van der Waals surface area contributed by atoms with Crippen LogP contribution in [-0.2, 0) is 16.6 Å². The van der Waals surface area contributed by atoms with Gasteiger partial charge >= 0.3 is 0 Å². The van der Waals surface area contributed by atoms with Gasteiger partial charge in [0.2, 0.25) is 0 Å². The number of benzene rings is 2. The van der Waals surface area contributed by atoms with E-state index in [4.69, 9.17) is 11.6 Å². The van der Waals surface area contributed by atoms with Gasteiger partial charge < -0.3 is 5.32 Å². The van der Waals surface area contributed by atoms with E-state index in [1.54, 1.807) is 48.8 Å². The Labute approximate surface area is 175 Å². The van der Waals surface area contributed by atoms with E-state index in [1.165, 1.54) is 19.2 Å².